The Hall–Kier alpha value is -2.42. The molecule has 178 valence electrons. The maximum Gasteiger partial charge on any atom is 0.329 e. The van der Waals surface area contributed by atoms with Gasteiger partial charge < -0.3 is 15.0 Å². The Balaban J connectivity index is 1.96. The molecule has 32 heavy (non-hydrogen) atoms. The fourth-order valence-electron chi connectivity index (χ4n) is 3.68. The highest BCUT2D eigenvalue weighted by Crippen LogP contribution is 2.19. The summed E-state index contributed by atoms with van der Waals surface area (Å²) in [5.74, 6) is -1.52. The van der Waals surface area contributed by atoms with Crippen molar-refractivity contribution >= 4 is 27.6 Å². The molecule has 1 unspecified atom stereocenters. The average molecular weight is 467 g/mol. The first kappa shape index (κ1) is 25.8. The van der Waals surface area contributed by atoms with Crippen molar-refractivity contribution in [1.29, 1.82) is 0 Å². The third-order valence-electron chi connectivity index (χ3n) is 5.31. The zero-order valence-electron chi connectivity index (χ0n) is 19.2. The van der Waals surface area contributed by atoms with Crippen molar-refractivity contribution in [3.63, 3.8) is 0 Å². The smallest absolute Gasteiger partial charge is 0.329 e. The van der Waals surface area contributed by atoms with E-state index in [0.717, 1.165) is 5.56 Å². The lowest BCUT2D eigenvalue weighted by Crippen LogP contribution is -2.48. The van der Waals surface area contributed by atoms with Gasteiger partial charge in [0.05, 0.1) is 17.9 Å². The van der Waals surface area contributed by atoms with Gasteiger partial charge >= 0.3 is 5.97 Å². The van der Waals surface area contributed by atoms with Crippen molar-refractivity contribution < 1.29 is 27.5 Å². The van der Waals surface area contributed by atoms with Crippen molar-refractivity contribution in [3.8, 4) is 0 Å². The topological polar surface area (TPSA) is 110 Å². The van der Waals surface area contributed by atoms with E-state index in [1.54, 1.807) is 13.8 Å². The lowest BCUT2D eigenvalue weighted by molar-refractivity contribution is -0.156. The number of hydrogen-bond acceptors (Lipinski definition) is 6. The molecule has 0 aromatic heterocycles. The molecule has 1 saturated heterocycles. The molecule has 0 saturated carbocycles. The highest BCUT2D eigenvalue weighted by molar-refractivity contribution is 7.91. The summed E-state index contributed by atoms with van der Waals surface area (Å²) in [4.78, 5) is 39.3. The van der Waals surface area contributed by atoms with Gasteiger partial charge in [0.15, 0.2) is 16.4 Å². The van der Waals surface area contributed by atoms with Crippen LogP contribution >= 0.6 is 0 Å². The molecule has 1 aliphatic rings. The predicted octanol–water partition coefficient (Wildman–Crippen LogP) is 1.58. The number of nitrogens with zero attached hydrogens (tertiary/aromatic N) is 1. The zero-order valence-corrected chi connectivity index (χ0v) is 20.1. The van der Waals surface area contributed by atoms with Crippen LogP contribution in [0.3, 0.4) is 0 Å². The van der Waals surface area contributed by atoms with Crippen LogP contribution in [0.1, 0.15) is 39.7 Å². The fourth-order valence-corrected chi connectivity index (χ4v) is 5.41. The van der Waals surface area contributed by atoms with Crippen LogP contribution in [0.4, 0.5) is 0 Å². The highest BCUT2D eigenvalue weighted by Gasteiger charge is 2.35. The number of nitrogens with one attached hydrogen (secondary N) is 1. The second kappa shape index (κ2) is 11.4. The molecule has 0 aliphatic carbocycles. The Labute approximate surface area is 190 Å². The molecule has 2 atom stereocenters. The van der Waals surface area contributed by atoms with E-state index in [0.29, 0.717) is 13.0 Å². The van der Waals surface area contributed by atoms with Crippen LogP contribution in [0.5, 0.6) is 0 Å². The number of rotatable bonds is 10. The Morgan fingerprint density at radius 1 is 1.12 bits per heavy atom. The number of carbonyl (C=O) groups excluding carboxylic acids is 3. The van der Waals surface area contributed by atoms with E-state index >= 15 is 0 Å². The summed E-state index contributed by atoms with van der Waals surface area (Å²) >= 11 is 0. The van der Waals surface area contributed by atoms with E-state index in [4.69, 9.17) is 4.74 Å². The van der Waals surface area contributed by atoms with Gasteiger partial charge in [0.1, 0.15) is 6.04 Å². The number of sulfone groups is 1. The maximum atomic E-state index is 12.8. The van der Waals surface area contributed by atoms with Crippen LogP contribution in [-0.2, 0) is 35.4 Å². The van der Waals surface area contributed by atoms with Gasteiger partial charge in [-0.3, -0.25) is 9.59 Å². The summed E-state index contributed by atoms with van der Waals surface area (Å²) in [5, 5.41) is 2.70. The summed E-state index contributed by atoms with van der Waals surface area (Å²) in [5.41, 5.74) is 0.826. The van der Waals surface area contributed by atoms with Crippen LogP contribution in [-0.4, -0.2) is 67.8 Å². The summed E-state index contributed by atoms with van der Waals surface area (Å²) in [6, 6.07) is 7.89. The van der Waals surface area contributed by atoms with E-state index in [9.17, 15) is 22.8 Å². The average Bonchev–Trinajstić information content (AvgIpc) is 3.08. The minimum atomic E-state index is -3.15. The van der Waals surface area contributed by atoms with Crippen LogP contribution < -0.4 is 5.32 Å². The van der Waals surface area contributed by atoms with Crippen LogP contribution in [0.15, 0.2) is 30.3 Å². The monoisotopic (exact) mass is 466 g/mol. The normalized spacial score (nSPS) is 18.4. The molecular weight excluding hydrogens is 432 g/mol. The Morgan fingerprint density at radius 3 is 2.31 bits per heavy atom. The predicted molar refractivity (Wildman–Crippen MR) is 121 cm³/mol. The lowest BCUT2D eigenvalue weighted by atomic mass is 10.0. The molecule has 0 radical (unpaired) electrons. The first-order chi connectivity index (χ1) is 15.0. The van der Waals surface area contributed by atoms with Gasteiger partial charge in [0.2, 0.25) is 5.91 Å². The van der Waals surface area contributed by atoms with Gasteiger partial charge in [-0.1, -0.05) is 58.0 Å². The highest BCUT2D eigenvalue weighted by atomic mass is 32.2. The van der Waals surface area contributed by atoms with Crippen LogP contribution in [0, 0.1) is 11.8 Å². The molecule has 1 fully saturated rings. The summed E-state index contributed by atoms with van der Waals surface area (Å²) < 4.78 is 29.0. The van der Waals surface area contributed by atoms with Crippen molar-refractivity contribution in [2.75, 3.05) is 24.7 Å². The van der Waals surface area contributed by atoms with Gasteiger partial charge in [-0.25, -0.2) is 13.2 Å². The van der Waals surface area contributed by atoms with E-state index in [1.807, 2.05) is 44.2 Å². The van der Waals surface area contributed by atoms with E-state index in [-0.39, 0.29) is 35.7 Å². The van der Waals surface area contributed by atoms with E-state index in [1.165, 1.54) is 4.90 Å². The number of hydrogen-bond donors (Lipinski definition) is 1. The third kappa shape index (κ3) is 7.93. The minimum Gasteiger partial charge on any atom is -0.454 e. The molecule has 1 aromatic rings. The second-order valence-electron chi connectivity index (χ2n) is 9.06. The molecule has 1 heterocycles. The largest absolute Gasteiger partial charge is 0.454 e. The van der Waals surface area contributed by atoms with Crippen LogP contribution in [0.2, 0.25) is 0 Å². The molecule has 2 amide bonds. The molecule has 9 heteroatoms. The first-order valence-corrected chi connectivity index (χ1v) is 12.8. The third-order valence-corrected chi connectivity index (χ3v) is 7.06. The molecular formula is C23H34N2O6S. The number of amides is 2. The van der Waals surface area contributed by atoms with Gasteiger partial charge in [-0.15, -0.1) is 0 Å². The fraction of sp³-hybridized carbons (Fsp3) is 0.609. The van der Waals surface area contributed by atoms with Crippen LogP contribution in [0.25, 0.3) is 0 Å². The maximum absolute atomic E-state index is 12.8. The summed E-state index contributed by atoms with van der Waals surface area (Å²) in [7, 11) is -3.15. The van der Waals surface area contributed by atoms with E-state index in [2.05, 4.69) is 5.32 Å². The number of benzene rings is 1. The van der Waals surface area contributed by atoms with Gasteiger partial charge in [0, 0.05) is 12.6 Å². The quantitative estimate of drug-likeness (QED) is 0.525. The Bertz CT molecular complexity index is 898. The van der Waals surface area contributed by atoms with Crippen molar-refractivity contribution in [2.45, 2.75) is 52.6 Å². The Kier molecular flexibility index (Phi) is 9.24. The Morgan fingerprint density at radius 2 is 1.78 bits per heavy atom. The molecule has 0 bridgehead atoms. The SMILES string of the molecule is CC(C)CN(C(=O)COC(=O)[C@@H](NC(=O)Cc1ccccc1)C(C)C)C1CCS(=O)(=O)C1. The number of carbonyl (C=O) groups is 3. The molecule has 0 spiro atoms. The zero-order chi connectivity index (χ0) is 23.9. The lowest BCUT2D eigenvalue weighted by Gasteiger charge is -2.30. The van der Waals surface area contributed by atoms with E-state index < -0.39 is 40.4 Å². The minimum absolute atomic E-state index is 0.0577. The van der Waals surface area contributed by atoms with Gasteiger partial charge in [-0.2, -0.15) is 0 Å². The van der Waals surface area contributed by atoms with Gasteiger partial charge in [-0.05, 0) is 23.8 Å². The molecule has 8 nitrogen and oxygen atoms in total. The summed E-state index contributed by atoms with van der Waals surface area (Å²) in [6.45, 7) is 7.34. The number of esters is 1. The molecule has 1 aromatic carbocycles. The molecule has 2 rings (SSSR count). The van der Waals surface area contributed by atoms with Crippen molar-refractivity contribution in [1.82, 2.24) is 10.2 Å². The first-order valence-electron chi connectivity index (χ1n) is 11.0. The standard InChI is InChI=1S/C23H34N2O6S/c1-16(2)13-25(19-10-11-32(29,30)15-19)21(27)14-31-23(28)22(17(3)4)24-20(26)12-18-8-6-5-7-9-18/h5-9,16-17,19,22H,10-15H2,1-4H3,(H,24,26)/t19?,22-/m0/s1. The summed E-state index contributed by atoms with van der Waals surface area (Å²) in [6.07, 6.45) is 0.521. The van der Waals surface area contributed by atoms with Gasteiger partial charge in [0.25, 0.3) is 5.91 Å². The van der Waals surface area contributed by atoms with Crippen molar-refractivity contribution in [2.24, 2.45) is 11.8 Å². The number of ether oxygens (including phenoxy) is 1. The van der Waals surface area contributed by atoms with Crippen molar-refractivity contribution in [3.05, 3.63) is 35.9 Å². The second-order valence-corrected chi connectivity index (χ2v) is 11.3. The molecule has 1 aliphatic heterocycles. The molecule has 1 N–H and O–H groups in total.